The Morgan fingerprint density at radius 3 is 2.64 bits per heavy atom. The Labute approximate surface area is 94.5 Å². The van der Waals surface area contributed by atoms with E-state index in [2.05, 4.69) is 22.5 Å². The van der Waals surface area contributed by atoms with Gasteiger partial charge in [-0.25, -0.2) is 0 Å². The number of halogens is 1. The summed E-state index contributed by atoms with van der Waals surface area (Å²) in [4.78, 5) is 0. The Kier molecular flexibility index (Phi) is 3.78. The van der Waals surface area contributed by atoms with Gasteiger partial charge in [-0.15, -0.1) is 6.58 Å². The van der Waals surface area contributed by atoms with Crippen molar-refractivity contribution in [2.45, 2.75) is 36.6 Å². The van der Waals surface area contributed by atoms with Crippen molar-refractivity contribution in [1.82, 2.24) is 0 Å². The summed E-state index contributed by atoms with van der Waals surface area (Å²) in [5.74, 6) is 0.179. The molecule has 1 heterocycles. The summed E-state index contributed by atoms with van der Waals surface area (Å²) in [6, 6.07) is 0. The number of ether oxygens (including phenoxy) is 1. The highest BCUT2D eigenvalue weighted by Gasteiger charge is 2.45. The van der Waals surface area contributed by atoms with Crippen molar-refractivity contribution in [3.8, 4) is 0 Å². The number of aliphatic hydroxyl groups is 1. The summed E-state index contributed by atoms with van der Waals surface area (Å²) in [6.45, 7) is 8.99. The van der Waals surface area contributed by atoms with Gasteiger partial charge in [0.25, 0.3) is 0 Å². The van der Waals surface area contributed by atoms with Gasteiger partial charge in [0.05, 0.1) is 16.5 Å². The van der Waals surface area contributed by atoms with Gasteiger partial charge in [-0.3, -0.25) is 0 Å². The topological polar surface area (TPSA) is 29.5 Å². The van der Waals surface area contributed by atoms with E-state index in [1.54, 1.807) is 6.08 Å². The van der Waals surface area contributed by atoms with Gasteiger partial charge in [0.1, 0.15) is 0 Å². The first-order chi connectivity index (χ1) is 6.42. The van der Waals surface area contributed by atoms with Gasteiger partial charge >= 0.3 is 0 Å². The molecule has 0 saturated carbocycles. The summed E-state index contributed by atoms with van der Waals surface area (Å²) < 4.78 is 4.94. The Balaban J connectivity index is 2.76. The van der Waals surface area contributed by atoms with Crippen LogP contribution in [0.4, 0.5) is 0 Å². The summed E-state index contributed by atoms with van der Waals surface area (Å²) in [7, 11) is 0. The van der Waals surface area contributed by atoms with E-state index in [1.165, 1.54) is 0 Å². The zero-order chi connectivity index (χ0) is 10.8. The fraction of sp³-hybridized carbons (Fsp3) is 0.818. The van der Waals surface area contributed by atoms with E-state index in [1.807, 2.05) is 13.8 Å². The van der Waals surface area contributed by atoms with Gasteiger partial charge in [-0.05, 0) is 26.7 Å². The van der Waals surface area contributed by atoms with Crippen LogP contribution >= 0.6 is 15.9 Å². The van der Waals surface area contributed by atoms with Crippen LogP contribution < -0.4 is 0 Å². The molecule has 3 heteroatoms. The van der Waals surface area contributed by atoms with Crippen molar-refractivity contribution < 1.29 is 9.84 Å². The molecule has 82 valence electrons. The zero-order valence-electron chi connectivity index (χ0n) is 8.92. The van der Waals surface area contributed by atoms with Gasteiger partial charge < -0.3 is 9.84 Å². The molecule has 3 unspecified atom stereocenters. The molecule has 0 aliphatic carbocycles. The molecule has 1 saturated heterocycles. The summed E-state index contributed by atoms with van der Waals surface area (Å²) in [5, 5.41) is 10.5. The molecule has 1 rings (SSSR count). The van der Waals surface area contributed by atoms with E-state index in [-0.39, 0.29) is 5.92 Å². The van der Waals surface area contributed by atoms with Gasteiger partial charge in [-0.2, -0.15) is 0 Å². The van der Waals surface area contributed by atoms with Crippen LogP contribution in [0.5, 0.6) is 0 Å². The van der Waals surface area contributed by atoms with E-state index in [4.69, 9.17) is 4.74 Å². The standard InChI is InChI=1S/C11H19BrO2/c1-4-10(2,12)11(3,13)9-6-5-7-14-8-9/h4,9,13H,1,5-8H2,2-3H3. The van der Waals surface area contributed by atoms with Crippen LogP contribution in [0.3, 0.4) is 0 Å². The molecule has 3 atom stereocenters. The molecule has 0 aromatic carbocycles. The molecule has 0 radical (unpaired) electrons. The number of hydrogen-bond donors (Lipinski definition) is 1. The minimum absolute atomic E-state index is 0.179. The fourth-order valence-corrected chi connectivity index (χ4v) is 2.11. The molecule has 1 N–H and O–H groups in total. The first kappa shape index (κ1) is 12.2. The lowest BCUT2D eigenvalue weighted by Gasteiger charge is -2.43. The summed E-state index contributed by atoms with van der Waals surface area (Å²) in [5.41, 5.74) is -0.810. The van der Waals surface area contributed by atoms with E-state index in [0.717, 1.165) is 19.4 Å². The number of alkyl halides is 1. The summed E-state index contributed by atoms with van der Waals surface area (Å²) >= 11 is 3.51. The lowest BCUT2D eigenvalue weighted by atomic mass is 9.76. The quantitative estimate of drug-likeness (QED) is 0.626. The van der Waals surface area contributed by atoms with Crippen LogP contribution in [-0.2, 0) is 4.74 Å². The molecule has 1 aliphatic rings. The van der Waals surface area contributed by atoms with Crippen LogP contribution in [-0.4, -0.2) is 28.2 Å². The molecule has 0 spiro atoms. The maximum atomic E-state index is 10.5. The Morgan fingerprint density at radius 1 is 1.57 bits per heavy atom. The highest BCUT2D eigenvalue weighted by Crippen LogP contribution is 2.40. The van der Waals surface area contributed by atoms with Crippen LogP contribution in [0.2, 0.25) is 0 Å². The number of hydrogen-bond acceptors (Lipinski definition) is 2. The first-order valence-electron chi connectivity index (χ1n) is 5.04. The highest BCUT2D eigenvalue weighted by atomic mass is 79.9. The molecule has 0 aromatic rings. The minimum Gasteiger partial charge on any atom is -0.388 e. The maximum Gasteiger partial charge on any atom is 0.0854 e. The van der Waals surface area contributed by atoms with Crippen molar-refractivity contribution in [1.29, 1.82) is 0 Å². The minimum atomic E-state index is -0.810. The van der Waals surface area contributed by atoms with Crippen molar-refractivity contribution in [2.75, 3.05) is 13.2 Å². The smallest absolute Gasteiger partial charge is 0.0854 e. The molecule has 1 aliphatic heterocycles. The van der Waals surface area contributed by atoms with Gasteiger partial charge in [-0.1, -0.05) is 22.0 Å². The molecule has 0 amide bonds. The number of rotatable bonds is 3. The third-order valence-electron chi connectivity index (χ3n) is 3.33. The lowest BCUT2D eigenvalue weighted by molar-refractivity contribution is -0.0773. The molecule has 14 heavy (non-hydrogen) atoms. The Morgan fingerprint density at radius 2 is 2.21 bits per heavy atom. The third-order valence-corrected chi connectivity index (χ3v) is 4.45. The maximum absolute atomic E-state index is 10.5. The van der Waals surface area contributed by atoms with Crippen molar-refractivity contribution in [3.63, 3.8) is 0 Å². The van der Waals surface area contributed by atoms with Crippen LogP contribution in [0.25, 0.3) is 0 Å². The van der Waals surface area contributed by atoms with E-state index in [9.17, 15) is 5.11 Å². The Bertz CT molecular complexity index is 205. The van der Waals surface area contributed by atoms with Gasteiger partial charge in [0.2, 0.25) is 0 Å². The van der Waals surface area contributed by atoms with Gasteiger partial charge in [0, 0.05) is 12.5 Å². The molecule has 2 nitrogen and oxygen atoms in total. The van der Waals surface area contributed by atoms with Crippen molar-refractivity contribution in [2.24, 2.45) is 5.92 Å². The molecule has 0 aromatic heterocycles. The van der Waals surface area contributed by atoms with Crippen molar-refractivity contribution in [3.05, 3.63) is 12.7 Å². The fourth-order valence-electron chi connectivity index (χ4n) is 1.79. The van der Waals surface area contributed by atoms with Crippen LogP contribution in [0.15, 0.2) is 12.7 Å². The average Bonchev–Trinajstić information content (AvgIpc) is 2.19. The second-order valence-electron chi connectivity index (χ2n) is 4.34. The first-order valence-corrected chi connectivity index (χ1v) is 5.84. The zero-order valence-corrected chi connectivity index (χ0v) is 10.5. The largest absolute Gasteiger partial charge is 0.388 e. The molecular weight excluding hydrogens is 244 g/mol. The van der Waals surface area contributed by atoms with E-state index >= 15 is 0 Å². The van der Waals surface area contributed by atoms with E-state index < -0.39 is 9.93 Å². The SMILES string of the molecule is C=CC(C)(Br)C(C)(O)C1CCCOC1. The van der Waals surface area contributed by atoms with Crippen LogP contribution in [0.1, 0.15) is 26.7 Å². The lowest BCUT2D eigenvalue weighted by Crippen LogP contribution is -2.52. The highest BCUT2D eigenvalue weighted by molar-refractivity contribution is 9.10. The predicted octanol–water partition coefficient (Wildman–Crippen LogP) is 2.50. The monoisotopic (exact) mass is 262 g/mol. The third kappa shape index (κ3) is 2.20. The second kappa shape index (κ2) is 4.33. The molecule has 1 fully saturated rings. The predicted molar refractivity (Wildman–Crippen MR) is 61.7 cm³/mol. The van der Waals surface area contributed by atoms with E-state index in [0.29, 0.717) is 6.61 Å². The van der Waals surface area contributed by atoms with Crippen LogP contribution in [0, 0.1) is 5.92 Å². The second-order valence-corrected chi connectivity index (χ2v) is 5.99. The summed E-state index contributed by atoms with van der Waals surface area (Å²) in [6.07, 6.45) is 3.80. The Hall–Kier alpha value is 0.140. The molecular formula is C11H19BrO2. The van der Waals surface area contributed by atoms with Gasteiger partial charge in [0.15, 0.2) is 0 Å². The molecule has 0 bridgehead atoms. The normalized spacial score (nSPS) is 31.6. The van der Waals surface area contributed by atoms with Crippen molar-refractivity contribution >= 4 is 15.9 Å². The average molecular weight is 263 g/mol.